The van der Waals surface area contributed by atoms with E-state index in [2.05, 4.69) is 10.6 Å². The Morgan fingerprint density at radius 2 is 1.64 bits per heavy atom. The molecule has 0 aliphatic heterocycles. The van der Waals surface area contributed by atoms with Gasteiger partial charge in [0.25, 0.3) is 10.1 Å². The van der Waals surface area contributed by atoms with Gasteiger partial charge in [-0.1, -0.05) is 61.9 Å². The number of rotatable bonds is 12. The second kappa shape index (κ2) is 13.0. The summed E-state index contributed by atoms with van der Waals surface area (Å²) in [6.07, 6.45) is 0.310. The highest BCUT2D eigenvalue weighted by atomic mass is 32.2. The first kappa shape index (κ1) is 26.3. The molecule has 9 heteroatoms. The molecule has 2 aromatic rings. The Balaban J connectivity index is 1.69. The lowest BCUT2D eigenvalue weighted by atomic mass is 10.0. The van der Waals surface area contributed by atoms with Gasteiger partial charge in [-0.25, -0.2) is 4.79 Å². The molecule has 8 nitrogen and oxygen atoms in total. The molecule has 0 unspecified atom stereocenters. The van der Waals surface area contributed by atoms with Crippen LogP contribution in [0.25, 0.3) is 0 Å². The summed E-state index contributed by atoms with van der Waals surface area (Å²) < 4.78 is 34.5. The first-order valence-electron chi connectivity index (χ1n) is 10.9. The Morgan fingerprint density at radius 1 is 0.970 bits per heavy atom. The highest BCUT2D eigenvalue weighted by Crippen LogP contribution is 2.13. The van der Waals surface area contributed by atoms with Gasteiger partial charge in [-0.15, -0.1) is 0 Å². The SMILES string of the molecule is Cc1ccc(S(=O)(=O)OCCCCNC(=O)[C@@H](NC(=O)OCc2ccccc2)C(C)C)cc1. The van der Waals surface area contributed by atoms with E-state index in [1.165, 1.54) is 12.1 Å². The van der Waals surface area contributed by atoms with E-state index in [0.717, 1.165) is 11.1 Å². The smallest absolute Gasteiger partial charge is 0.408 e. The predicted octanol–water partition coefficient (Wildman–Crippen LogP) is 3.55. The summed E-state index contributed by atoms with van der Waals surface area (Å²) in [6.45, 7) is 5.99. The van der Waals surface area contributed by atoms with E-state index in [0.29, 0.717) is 19.4 Å². The number of amides is 2. The van der Waals surface area contributed by atoms with Crippen LogP contribution in [-0.2, 0) is 30.4 Å². The van der Waals surface area contributed by atoms with E-state index in [9.17, 15) is 18.0 Å². The molecule has 2 aromatic carbocycles. The van der Waals surface area contributed by atoms with E-state index in [4.69, 9.17) is 8.92 Å². The van der Waals surface area contributed by atoms with Crippen LogP contribution in [0, 0.1) is 12.8 Å². The van der Waals surface area contributed by atoms with E-state index in [1.807, 2.05) is 51.1 Å². The number of benzene rings is 2. The summed E-state index contributed by atoms with van der Waals surface area (Å²) >= 11 is 0. The average molecular weight is 477 g/mol. The molecule has 0 spiro atoms. The Kier molecular flexibility index (Phi) is 10.3. The molecular formula is C24H32N2O6S. The largest absolute Gasteiger partial charge is 0.445 e. The molecule has 2 rings (SSSR count). The van der Waals surface area contributed by atoms with Gasteiger partial charge in [0, 0.05) is 6.54 Å². The van der Waals surface area contributed by atoms with Gasteiger partial charge >= 0.3 is 6.09 Å². The number of hydrogen-bond donors (Lipinski definition) is 2. The predicted molar refractivity (Wildman–Crippen MR) is 125 cm³/mol. The standard InChI is InChI=1S/C24H32N2O6S/c1-18(2)22(26-24(28)31-17-20-9-5-4-6-10-20)23(27)25-15-7-8-16-32-33(29,30)21-13-11-19(3)12-14-21/h4-6,9-14,18,22H,7-8,15-17H2,1-3H3,(H,25,27)(H,26,28)/t22-/m0/s1. The third kappa shape index (κ3) is 9.23. The zero-order valence-corrected chi connectivity index (χ0v) is 20.1. The molecule has 0 aliphatic carbocycles. The van der Waals surface area contributed by atoms with Crippen molar-refractivity contribution in [3.63, 3.8) is 0 Å². The lowest BCUT2D eigenvalue weighted by molar-refractivity contribution is -0.124. The van der Waals surface area contributed by atoms with Crippen molar-refractivity contribution in [2.24, 2.45) is 5.92 Å². The van der Waals surface area contributed by atoms with Crippen molar-refractivity contribution < 1.29 is 26.9 Å². The number of unbranched alkanes of at least 4 members (excludes halogenated alkanes) is 1. The summed E-state index contributed by atoms with van der Waals surface area (Å²) in [7, 11) is -3.79. The lowest BCUT2D eigenvalue weighted by Crippen LogP contribution is -2.50. The van der Waals surface area contributed by atoms with Crippen molar-refractivity contribution >= 4 is 22.1 Å². The molecule has 180 valence electrons. The number of nitrogens with one attached hydrogen (secondary N) is 2. The van der Waals surface area contributed by atoms with E-state index in [-0.39, 0.29) is 29.9 Å². The third-order valence-electron chi connectivity index (χ3n) is 4.85. The number of hydrogen-bond acceptors (Lipinski definition) is 6. The maximum atomic E-state index is 12.5. The topological polar surface area (TPSA) is 111 Å². The van der Waals surface area contributed by atoms with Crippen LogP contribution < -0.4 is 10.6 Å². The van der Waals surface area contributed by atoms with Crippen LogP contribution >= 0.6 is 0 Å². The molecule has 2 amide bonds. The van der Waals surface area contributed by atoms with Crippen molar-refractivity contribution in [2.45, 2.75) is 51.2 Å². The average Bonchev–Trinajstić information content (AvgIpc) is 2.79. The van der Waals surface area contributed by atoms with Crippen molar-refractivity contribution in [2.75, 3.05) is 13.2 Å². The molecule has 0 saturated carbocycles. The Bertz CT molecular complexity index is 991. The second-order valence-corrected chi connectivity index (χ2v) is 9.63. The van der Waals surface area contributed by atoms with Crippen molar-refractivity contribution in [1.29, 1.82) is 0 Å². The highest BCUT2D eigenvalue weighted by molar-refractivity contribution is 7.86. The van der Waals surface area contributed by atoms with Gasteiger partial charge in [0.15, 0.2) is 0 Å². The first-order valence-corrected chi connectivity index (χ1v) is 12.3. The van der Waals surface area contributed by atoms with E-state index < -0.39 is 22.3 Å². The van der Waals surface area contributed by atoms with Crippen LogP contribution in [0.3, 0.4) is 0 Å². The number of aryl methyl sites for hydroxylation is 1. The minimum Gasteiger partial charge on any atom is -0.445 e. The fraction of sp³-hybridized carbons (Fsp3) is 0.417. The monoisotopic (exact) mass is 476 g/mol. The molecule has 0 bridgehead atoms. The van der Waals surface area contributed by atoms with Crippen LogP contribution in [0.1, 0.15) is 37.8 Å². The molecule has 2 N–H and O–H groups in total. The van der Waals surface area contributed by atoms with Gasteiger partial charge in [0.2, 0.25) is 5.91 Å². The fourth-order valence-corrected chi connectivity index (χ4v) is 3.86. The quantitative estimate of drug-likeness (QED) is 0.358. The van der Waals surface area contributed by atoms with Gasteiger partial charge in [0.05, 0.1) is 11.5 Å². The molecule has 0 aromatic heterocycles. The zero-order chi connectivity index (χ0) is 24.3. The Hall–Kier alpha value is -2.91. The van der Waals surface area contributed by atoms with E-state index >= 15 is 0 Å². The van der Waals surface area contributed by atoms with Gasteiger partial charge in [-0.2, -0.15) is 8.42 Å². The second-order valence-electron chi connectivity index (χ2n) is 8.02. The summed E-state index contributed by atoms with van der Waals surface area (Å²) in [5.41, 5.74) is 1.81. The molecule has 0 aliphatic rings. The van der Waals surface area contributed by atoms with Crippen LogP contribution in [0.5, 0.6) is 0 Å². The van der Waals surface area contributed by atoms with Crippen LogP contribution in [0.2, 0.25) is 0 Å². The summed E-state index contributed by atoms with van der Waals surface area (Å²) in [6, 6.07) is 15.0. The Morgan fingerprint density at radius 3 is 2.27 bits per heavy atom. The summed E-state index contributed by atoms with van der Waals surface area (Å²) in [4.78, 5) is 24.7. The third-order valence-corrected chi connectivity index (χ3v) is 6.18. The molecule has 0 radical (unpaired) electrons. The lowest BCUT2D eigenvalue weighted by Gasteiger charge is -2.21. The molecule has 0 saturated heterocycles. The number of alkyl carbamates (subject to hydrolysis) is 1. The molecule has 0 fully saturated rings. The minimum atomic E-state index is -3.79. The van der Waals surface area contributed by atoms with Gasteiger partial charge in [0.1, 0.15) is 12.6 Å². The summed E-state index contributed by atoms with van der Waals surface area (Å²) in [5.74, 6) is -0.466. The van der Waals surface area contributed by atoms with Crippen molar-refractivity contribution in [1.82, 2.24) is 10.6 Å². The van der Waals surface area contributed by atoms with E-state index in [1.54, 1.807) is 12.1 Å². The van der Waals surface area contributed by atoms with Crippen LogP contribution in [0.15, 0.2) is 59.5 Å². The van der Waals surface area contributed by atoms with Gasteiger partial charge in [-0.3, -0.25) is 8.98 Å². The van der Waals surface area contributed by atoms with Crippen LogP contribution in [-0.4, -0.2) is 39.6 Å². The van der Waals surface area contributed by atoms with Crippen LogP contribution in [0.4, 0.5) is 4.79 Å². The Labute approximate surface area is 195 Å². The molecule has 1 atom stereocenters. The zero-order valence-electron chi connectivity index (χ0n) is 19.2. The highest BCUT2D eigenvalue weighted by Gasteiger charge is 2.24. The maximum Gasteiger partial charge on any atom is 0.408 e. The summed E-state index contributed by atoms with van der Waals surface area (Å²) in [5, 5.41) is 5.37. The number of carbonyl (C=O) groups excluding carboxylic acids is 2. The van der Waals surface area contributed by atoms with Crippen molar-refractivity contribution in [3.05, 3.63) is 65.7 Å². The molecule has 33 heavy (non-hydrogen) atoms. The molecule has 0 heterocycles. The van der Waals surface area contributed by atoms with Gasteiger partial charge < -0.3 is 15.4 Å². The van der Waals surface area contributed by atoms with Crippen molar-refractivity contribution in [3.8, 4) is 0 Å². The molecular weight excluding hydrogens is 444 g/mol. The fourth-order valence-electron chi connectivity index (χ4n) is 2.92. The van der Waals surface area contributed by atoms with Gasteiger partial charge in [-0.05, 0) is 43.4 Å². The first-order chi connectivity index (χ1) is 15.7. The number of carbonyl (C=O) groups is 2. The maximum absolute atomic E-state index is 12.5. The number of ether oxygens (including phenoxy) is 1. The normalized spacial score (nSPS) is 12.2. The minimum absolute atomic E-state index is 0.0176.